The number of benzene rings is 1. The van der Waals surface area contributed by atoms with Gasteiger partial charge in [0, 0.05) is 45.0 Å². The molecule has 0 bridgehead atoms. The molecule has 0 spiro atoms. The number of aryl methyl sites for hydroxylation is 2. The number of nitriles is 1. The first kappa shape index (κ1) is 20.4. The Bertz CT molecular complexity index is 622. The molecule has 1 fully saturated rings. The van der Waals surface area contributed by atoms with Crippen molar-refractivity contribution in [3.05, 3.63) is 29.3 Å². The van der Waals surface area contributed by atoms with Gasteiger partial charge in [0.1, 0.15) is 0 Å². The molecule has 2 rings (SSSR count). The summed E-state index contributed by atoms with van der Waals surface area (Å²) in [5, 5.41) is 8.97. The van der Waals surface area contributed by atoms with E-state index < -0.39 is 0 Å². The van der Waals surface area contributed by atoms with E-state index >= 15 is 0 Å². The van der Waals surface area contributed by atoms with Crippen LogP contribution in [-0.4, -0.2) is 61.5 Å². The van der Waals surface area contributed by atoms with E-state index in [1.165, 1.54) is 0 Å². The lowest BCUT2D eigenvalue weighted by Crippen LogP contribution is -2.50. The molecule has 5 nitrogen and oxygen atoms in total. The van der Waals surface area contributed by atoms with Gasteiger partial charge in [0.15, 0.2) is 0 Å². The topological polar surface area (TPSA) is 50.6 Å². The molecule has 0 aliphatic carbocycles. The largest absolute Gasteiger partial charge is 0.310 e. The van der Waals surface area contributed by atoms with Crippen LogP contribution in [0.4, 0.5) is 5.69 Å². The monoisotopic (exact) mass is 356 g/mol. The van der Waals surface area contributed by atoms with Crippen molar-refractivity contribution in [2.24, 2.45) is 5.92 Å². The fourth-order valence-electron chi connectivity index (χ4n) is 3.59. The Kier molecular flexibility index (Phi) is 7.62. The number of anilines is 1. The van der Waals surface area contributed by atoms with Crippen molar-refractivity contribution < 1.29 is 4.79 Å². The number of hydrogen-bond donors (Lipinski definition) is 0. The van der Waals surface area contributed by atoms with Crippen LogP contribution in [0.1, 0.15) is 31.4 Å². The van der Waals surface area contributed by atoms with Crippen LogP contribution in [0.3, 0.4) is 0 Å². The Morgan fingerprint density at radius 1 is 1.12 bits per heavy atom. The number of carbonyl (C=O) groups excluding carboxylic acids is 1. The number of amides is 1. The molecule has 26 heavy (non-hydrogen) atoms. The number of nitrogens with zero attached hydrogens (tertiary/aromatic N) is 4. The lowest BCUT2D eigenvalue weighted by atomic mass is 10.1. The van der Waals surface area contributed by atoms with Gasteiger partial charge in [-0.05, 0) is 43.0 Å². The average Bonchev–Trinajstić information content (AvgIpc) is 2.55. The van der Waals surface area contributed by atoms with Gasteiger partial charge in [-0.1, -0.05) is 19.9 Å². The summed E-state index contributed by atoms with van der Waals surface area (Å²) in [6.07, 6.45) is 0.348. The molecule has 1 aromatic carbocycles. The summed E-state index contributed by atoms with van der Waals surface area (Å²) >= 11 is 0. The smallest absolute Gasteiger partial charge is 0.241 e. The zero-order valence-corrected chi connectivity index (χ0v) is 16.7. The Balaban J connectivity index is 2.00. The highest BCUT2D eigenvalue weighted by molar-refractivity contribution is 5.95. The minimum absolute atomic E-state index is 0.0857. The summed E-state index contributed by atoms with van der Waals surface area (Å²) in [6, 6.07) is 8.33. The normalized spacial score (nSPS) is 15.8. The summed E-state index contributed by atoms with van der Waals surface area (Å²) in [5.41, 5.74) is 3.18. The van der Waals surface area contributed by atoms with Gasteiger partial charge in [-0.15, -0.1) is 0 Å². The third-order valence-electron chi connectivity index (χ3n) is 4.71. The first-order chi connectivity index (χ1) is 12.4. The molecule has 1 aliphatic heterocycles. The molecule has 1 aliphatic rings. The van der Waals surface area contributed by atoms with Gasteiger partial charge in [0.25, 0.3) is 0 Å². The Hall–Kier alpha value is -1.90. The summed E-state index contributed by atoms with van der Waals surface area (Å²) in [4.78, 5) is 19.5. The van der Waals surface area contributed by atoms with Crippen molar-refractivity contribution in [2.75, 3.05) is 50.7 Å². The highest BCUT2D eigenvalue weighted by Gasteiger charge is 2.23. The SMILES string of the molecule is Cc1cc(C)cc(N(CCC#N)C(=O)CN2CCN(CC(C)C)CC2)c1. The van der Waals surface area contributed by atoms with E-state index in [2.05, 4.69) is 35.8 Å². The van der Waals surface area contributed by atoms with Crippen LogP contribution in [0, 0.1) is 31.1 Å². The van der Waals surface area contributed by atoms with Gasteiger partial charge in [-0.2, -0.15) is 5.26 Å². The lowest BCUT2D eigenvalue weighted by Gasteiger charge is -2.36. The van der Waals surface area contributed by atoms with Crippen molar-refractivity contribution in [2.45, 2.75) is 34.1 Å². The van der Waals surface area contributed by atoms with Crippen LogP contribution in [0.25, 0.3) is 0 Å². The van der Waals surface area contributed by atoms with Gasteiger partial charge in [-0.25, -0.2) is 0 Å². The van der Waals surface area contributed by atoms with Crippen LogP contribution in [-0.2, 0) is 4.79 Å². The van der Waals surface area contributed by atoms with Crippen LogP contribution in [0.15, 0.2) is 18.2 Å². The van der Waals surface area contributed by atoms with Crippen molar-refractivity contribution in [1.29, 1.82) is 5.26 Å². The predicted octanol–water partition coefficient (Wildman–Crippen LogP) is 2.82. The van der Waals surface area contributed by atoms with Crippen molar-refractivity contribution >= 4 is 11.6 Å². The third-order valence-corrected chi connectivity index (χ3v) is 4.71. The zero-order chi connectivity index (χ0) is 19.1. The fraction of sp³-hybridized carbons (Fsp3) is 0.619. The van der Waals surface area contributed by atoms with E-state index in [4.69, 9.17) is 5.26 Å². The van der Waals surface area contributed by atoms with Crippen LogP contribution >= 0.6 is 0 Å². The maximum Gasteiger partial charge on any atom is 0.241 e. The van der Waals surface area contributed by atoms with Crippen molar-refractivity contribution in [3.63, 3.8) is 0 Å². The molecule has 142 valence electrons. The Labute approximate surface area is 158 Å². The number of hydrogen-bond acceptors (Lipinski definition) is 4. The minimum Gasteiger partial charge on any atom is -0.310 e. The maximum absolute atomic E-state index is 13.0. The molecule has 1 amide bonds. The summed E-state index contributed by atoms with van der Waals surface area (Å²) in [5.74, 6) is 0.761. The molecular formula is C21H32N4O. The second-order valence-electron chi connectivity index (χ2n) is 7.77. The Morgan fingerprint density at radius 2 is 1.69 bits per heavy atom. The molecule has 0 saturated carbocycles. The second-order valence-corrected chi connectivity index (χ2v) is 7.77. The first-order valence-corrected chi connectivity index (χ1v) is 9.59. The molecule has 1 heterocycles. The number of rotatable bonds is 7. The quantitative estimate of drug-likeness (QED) is 0.754. The van der Waals surface area contributed by atoms with E-state index in [0.717, 1.165) is 49.5 Å². The molecule has 1 saturated heterocycles. The van der Waals surface area contributed by atoms with E-state index in [-0.39, 0.29) is 5.91 Å². The van der Waals surface area contributed by atoms with E-state index in [9.17, 15) is 4.79 Å². The molecule has 1 aromatic rings. The van der Waals surface area contributed by atoms with Gasteiger partial charge >= 0.3 is 0 Å². The van der Waals surface area contributed by atoms with Gasteiger partial charge < -0.3 is 9.80 Å². The molecule has 0 unspecified atom stereocenters. The third kappa shape index (κ3) is 6.12. The van der Waals surface area contributed by atoms with Crippen molar-refractivity contribution in [3.8, 4) is 6.07 Å². The van der Waals surface area contributed by atoms with E-state index in [1.54, 1.807) is 4.90 Å². The highest BCUT2D eigenvalue weighted by Crippen LogP contribution is 2.20. The lowest BCUT2D eigenvalue weighted by molar-refractivity contribution is -0.120. The Morgan fingerprint density at radius 3 is 2.23 bits per heavy atom. The number of piperazine rings is 1. The zero-order valence-electron chi connectivity index (χ0n) is 16.7. The summed E-state index contributed by atoms with van der Waals surface area (Å²) in [6.45, 7) is 14.5. The van der Waals surface area contributed by atoms with Crippen molar-refractivity contribution in [1.82, 2.24) is 9.80 Å². The first-order valence-electron chi connectivity index (χ1n) is 9.59. The van der Waals surface area contributed by atoms with Gasteiger partial charge in [0.2, 0.25) is 5.91 Å². The molecular weight excluding hydrogens is 324 g/mol. The summed E-state index contributed by atoms with van der Waals surface area (Å²) in [7, 11) is 0. The second kappa shape index (κ2) is 9.70. The van der Waals surface area contributed by atoms with Crippen LogP contribution in [0.2, 0.25) is 0 Å². The van der Waals surface area contributed by atoms with Crippen LogP contribution < -0.4 is 4.90 Å². The number of carbonyl (C=O) groups is 1. The standard InChI is InChI=1S/C21H32N4O/c1-17(2)15-23-8-10-24(11-9-23)16-21(26)25(7-5-6-22)20-13-18(3)12-19(4)14-20/h12-14,17H,5,7-11,15-16H2,1-4H3. The highest BCUT2D eigenvalue weighted by atomic mass is 16.2. The molecule has 0 aromatic heterocycles. The predicted molar refractivity (Wildman–Crippen MR) is 106 cm³/mol. The molecule has 0 atom stereocenters. The van der Waals surface area contributed by atoms with E-state index in [1.807, 2.05) is 26.0 Å². The van der Waals surface area contributed by atoms with Crippen LogP contribution in [0.5, 0.6) is 0 Å². The summed E-state index contributed by atoms with van der Waals surface area (Å²) < 4.78 is 0. The molecule has 0 N–H and O–H groups in total. The van der Waals surface area contributed by atoms with E-state index in [0.29, 0.717) is 25.4 Å². The van der Waals surface area contributed by atoms with Gasteiger partial charge in [-0.3, -0.25) is 9.69 Å². The minimum atomic E-state index is 0.0857. The van der Waals surface area contributed by atoms with Gasteiger partial charge in [0.05, 0.1) is 19.0 Å². The molecule has 0 radical (unpaired) electrons. The molecule has 5 heteroatoms. The fourth-order valence-corrected chi connectivity index (χ4v) is 3.59. The average molecular weight is 357 g/mol. The maximum atomic E-state index is 13.0.